The average Bonchev–Trinajstić information content (AvgIpc) is 2.99. The van der Waals surface area contributed by atoms with Gasteiger partial charge in [0.15, 0.2) is 18.4 Å². The van der Waals surface area contributed by atoms with Crippen molar-refractivity contribution in [3.63, 3.8) is 0 Å². The molecule has 0 spiro atoms. The second kappa shape index (κ2) is 11.4. The molecule has 14 nitrogen and oxygen atoms in total. The maximum atomic E-state index is 12.7. The van der Waals surface area contributed by atoms with Crippen LogP contribution in [-0.2, 0) is 28.5 Å². The summed E-state index contributed by atoms with van der Waals surface area (Å²) in [4.78, 5) is 61.9. The molecule has 33 heavy (non-hydrogen) atoms. The first kappa shape index (κ1) is 25.7. The molecule has 4 atom stereocenters. The smallest absolute Gasteiger partial charge is 0.412 e. The number of amides is 1. The Bertz CT molecular complexity index is 962. The molecular weight excluding hydrogens is 444 g/mol. The fourth-order valence-corrected chi connectivity index (χ4v) is 3.22. The Balaban J connectivity index is 2.36. The Labute approximate surface area is 188 Å². The van der Waals surface area contributed by atoms with Gasteiger partial charge in [-0.3, -0.25) is 29.6 Å². The second-order valence-electron chi connectivity index (χ2n) is 7.27. The summed E-state index contributed by atoms with van der Waals surface area (Å²) in [6.07, 6.45) is -2.39. The van der Waals surface area contributed by atoms with Crippen molar-refractivity contribution in [1.29, 1.82) is 0 Å². The summed E-state index contributed by atoms with van der Waals surface area (Å²) in [5, 5.41) is 13.7. The summed E-state index contributed by atoms with van der Waals surface area (Å²) < 4.78 is 21.6. The van der Waals surface area contributed by atoms with Crippen LogP contribution >= 0.6 is 0 Å². The summed E-state index contributed by atoms with van der Waals surface area (Å²) in [7, 11) is 0. The predicted octanol–water partition coefficient (Wildman–Crippen LogP) is 1.67. The molecule has 1 aliphatic rings. The molecule has 0 radical (unpaired) electrons. The normalized spacial score (nSPS) is 21.8. The molecule has 1 fully saturated rings. The number of esters is 2. The summed E-state index contributed by atoms with van der Waals surface area (Å²) in [5.41, 5.74) is -1.77. The Morgan fingerprint density at radius 2 is 1.85 bits per heavy atom. The standard InChI is InChI=1S/C19H26N4O10/c1-5-6-7-8-30-19(27)21-16-13(23(28)29)9-22(18(26)20-16)17-15(33-12(4)25)14(10(2)31-17)32-11(3)24/h9-10,14-15,17H,5-8H2,1-4H3,(H,20,21,26,27)/t10-,14-,15-,17-/m1/s1. The highest BCUT2D eigenvalue weighted by atomic mass is 16.6. The molecule has 0 saturated carbocycles. The number of carbonyl (C=O) groups is 3. The zero-order valence-corrected chi connectivity index (χ0v) is 18.6. The van der Waals surface area contributed by atoms with E-state index >= 15 is 0 Å². The fraction of sp³-hybridized carbons (Fsp3) is 0.632. The van der Waals surface area contributed by atoms with Gasteiger partial charge < -0.3 is 18.9 Å². The largest absolute Gasteiger partial charge is 0.456 e. The van der Waals surface area contributed by atoms with Crippen LogP contribution < -0.4 is 11.0 Å². The van der Waals surface area contributed by atoms with Gasteiger partial charge in [0.2, 0.25) is 5.82 Å². The van der Waals surface area contributed by atoms with Crippen molar-refractivity contribution in [2.45, 2.75) is 71.5 Å². The van der Waals surface area contributed by atoms with Crippen LogP contribution in [0.15, 0.2) is 11.0 Å². The van der Waals surface area contributed by atoms with Crippen LogP contribution in [0.4, 0.5) is 16.3 Å². The molecule has 2 rings (SSSR count). The van der Waals surface area contributed by atoms with E-state index in [1.165, 1.54) is 6.92 Å². The molecule has 2 heterocycles. The Morgan fingerprint density at radius 3 is 2.42 bits per heavy atom. The van der Waals surface area contributed by atoms with Gasteiger partial charge in [0.1, 0.15) is 0 Å². The second-order valence-corrected chi connectivity index (χ2v) is 7.27. The number of nitrogens with zero attached hydrogens (tertiary/aromatic N) is 3. The lowest BCUT2D eigenvalue weighted by molar-refractivity contribution is -0.384. The highest BCUT2D eigenvalue weighted by Crippen LogP contribution is 2.34. The predicted molar refractivity (Wildman–Crippen MR) is 110 cm³/mol. The molecule has 1 amide bonds. The summed E-state index contributed by atoms with van der Waals surface area (Å²) >= 11 is 0. The van der Waals surface area contributed by atoms with Crippen molar-refractivity contribution in [2.75, 3.05) is 11.9 Å². The summed E-state index contributed by atoms with van der Waals surface area (Å²) in [6, 6.07) is 0. The number of nitro groups is 1. The summed E-state index contributed by atoms with van der Waals surface area (Å²) in [5.74, 6) is -2.05. The van der Waals surface area contributed by atoms with Crippen LogP contribution in [-0.4, -0.2) is 57.4 Å². The highest BCUT2D eigenvalue weighted by molar-refractivity contribution is 5.85. The minimum atomic E-state index is -1.37. The van der Waals surface area contributed by atoms with E-state index in [4.69, 9.17) is 18.9 Å². The first-order valence-electron chi connectivity index (χ1n) is 10.3. The Kier molecular flexibility index (Phi) is 8.85. The van der Waals surface area contributed by atoms with Gasteiger partial charge >= 0.3 is 29.4 Å². The SMILES string of the molecule is CCCCCOC(=O)Nc1nc(=O)n([C@@H]2O[C@H](C)[C@@H](OC(C)=O)[C@H]2OC(C)=O)cc1[N+](=O)[O-]. The third-order valence-electron chi connectivity index (χ3n) is 4.63. The molecule has 1 aromatic heterocycles. The number of ether oxygens (including phenoxy) is 4. The quantitative estimate of drug-likeness (QED) is 0.182. The van der Waals surface area contributed by atoms with Crippen LogP contribution in [0.1, 0.15) is 53.2 Å². The maximum absolute atomic E-state index is 12.7. The highest BCUT2D eigenvalue weighted by Gasteiger charge is 2.49. The zero-order chi connectivity index (χ0) is 24.7. The van der Waals surface area contributed by atoms with E-state index in [-0.39, 0.29) is 6.61 Å². The average molecular weight is 470 g/mol. The van der Waals surface area contributed by atoms with Gasteiger partial charge in [0, 0.05) is 13.8 Å². The topological polar surface area (TPSA) is 178 Å². The fourth-order valence-electron chi connectivity index (χ4n) is 3.22. The molecule has 1 saturated heterocycles. The van der Waals surface area contributed by atoms with E-state index in [1.807, 2.05) is 6.92 Å². The summed E-state index contributed by atoms with van der Waals surface area (Å²) in [6.45, 7) is 5.83. The first-order valence-corrected chi connectivity index (χ1v) is 10.3. The number of hydrogen-bond donors (Lipinski definition) is 1. The van der Waals surface area contributed by atoms with Gasteiger partial charge in [0.05, 0.1) is 23.8 Å². The van der Waals surface area contributed by atoms with E-state index in [2.05, 4.69) is 10.3 Å². The van der Waals surface area contributed by atoms with E-state index in [1.54, 1.807) is 0 Å². The molecule has 1 aliphatic heterocycles. The van der Waals surface area contributed by atoms with Gasteiger partial charge in [-0.25, -0.2) is 9.59 Å². The van der Waals surface area contributed by atoms with Crippen molar-refractivity contribution in [2.24, 2.45) is 0 Å². The Hall–Kier alpha value is -3.55. The van der Waals surface area contributed by atoms with Gasteiger partial charge in [0.25, 0.3) is 0 Å². The van der Waals surface area contributed by atoms with Crippen molar-refractivity contribution in [3.05, 3.63) is 26.8 Å². The number of rotatable bonds is 9. The molecule has 0 unspecified atom stereocenters. The third-order valence-corrected chi connectivity index (χ3v) is 4.63. The molecular formula is C19H26N4O10. The number of aromatic nitrogens is 2. The lowest BCUT2D eigenvalue weighted by atomic mass is 10.1. The molecule has 0 bridgehead atoms. The monoisotopic (exact) mass is 470 g/mol. The number of unbranched alkanes of at least 4 members (excludes halogenated alkanes) is 2. The van der Waals surface area contributed by atoms with Crippen LogP contribution in [0.25, 0.3) is 0 Å². The van der Waals surface area contributed by atoms with E-state index in [0.717, 1.165) is 37.5 Å². The third kappa shape index (κ3) is 6.71. The number of nitrogens with one attached hydrogen (secondary N) is 1. The molecule has 0 aromatic carbocycles. The van der Waals surface area contributed by atoms with Gasteiger partial charge in [-0.05, 0) is 13.3 Å². The molecule has 14 heteroatoms. The maximum Gasteiger partial charge on any atom is 0.412 e. The van der Waals surface area contributed by atoms with Gasteiger partial charge in [-0.1, -0.05) is 19.8 Å². The Morgan fingerprint density at radius 1 is 1.21 bits per heavy atom. The van der Waals surface area contributed by atoms with E-state index in [9.17, 15) is 29.3 Å². The van der Waals surface area contributed by atoms with Crippen molar-refractivity contribution in [3.8, 4) is 0 Å². The van der Waals surface area contributed by atoms with Crippen molar-refractivity contribution < 1.29 is 38.3 Å². The zero-order valence-electron chi connectivity index (χ0n) is 18.6. The molecule has 1 N–H and O–H groups in total. The van der Waals surface area contributed by atoms with Crippen LogP contribution in [0, 0.1) is 10.1 Å². The van der Waals surface area contributed by atoms with E-state index in [0.29, 0.717) is 6.42 Å². The van der Waals surface area contributed by atoms with Gasteiger partial charge in [-0.2, -0.15) is 4.98 Å². The minimum Gasteiger partial charge on any atom is -0.456 e. The lowest BCUT2D eigenvalue weighted by Crippen LogP contribution is -2.40. The van der Waals surface area contributed by atoms with Crippen LogP contribution in [0.5, 0.6) is 0 Å². The molecule has 182 valence electrons. The van der Waals surface area contributed by atoms with Crippen molar-refractivity contribution in [1.82, 2.24) is 9.55 Å². The molecule has 0 aliphatic carbocycles. The number of hydrogen-bond acceptors (Lipinski definition) is 11. The lowest BCUT2D eigenvalue weighted by Gasteiger charge is -2.23. The van der Waals surface area contributed by atoms with Gasteiger partial charge in [-0.15, -0.1) is 0 Å². The van der Waals surface area contributed by atoms with Crippen LogP contribution in [0.2, 0.25) is 0 Å². The minimum absolute atomic E-state index is 0.0972. The number of carbonyl (C=O) groups excluding carboxylic acids is 3. The number of anilines is 1. The van der Waals surface area contributed by atoms with Crippen LogP contribution in [0.3, 0.4) is 0 Å². The van der Waals surface area contributed by atoms with E-state index < -0.39 is 64.7 Å². The first-order chi connectivity index (χ1) is 15.5. The van der Waals surface area contributed by atoms with Crippen molar-refractivity contribution >= 4 is 29.5 Å². The molecule has 1 aromatic rings.